The Morgan fingerprint density at radius 1 is 1.47 bits per heavy atom. The molecular weight excluding hydrogens is 307 g/mol. The summed E-state index contributed by atoms with van der Waals surface area (Å²) in [6, 6.07) is 7.66. The van der Waals surface area contributed by atoms with Crippen LogP contribution in [0.3, 0.4) is 0 Å². The molecule has 17 heavy (non-hydrogen) atoms. The predicted molar refractivity (Wildman–Crippen MR) is 70.0 cm³/mol. The zero-order chi connectivity index (χ0) is 12.3. The summed E-state index contributed by atoms with van der Waals surface area (Å²) < 4.78 is 16.7. The molecule has 0 unspecified atom stereocenters. The number of halogens is 2. The fourth-order valence-electron chi connectivity index (χ4n) is 1.78. The molecule has 0 aromatic heterocycles. The van der Waals surface area contributed by atoms with E-state index in [4.69, 9.17) is 25.8 Å². The minimum atomic E-state index is -0.730. The van der Waals surface area contributed by atoms with Crippen molar-refractivity contribution in [2.75, 3.05) is 24.9 Å². The molecule has 94 valence electrons. The standard InChI is InChI=1S/C12H14BrClO3/c1-15-10-4-2-9(3-5-10)12(8-13)16-7-11(6-14)17-12/h2-5,11H,6-8H2,1H3/t11-,12-/m1/s1. The van der Waals surface area contributed by atoms with Crippen molar-refractivity contribution < 1.29 is 14.2 Å². The zero-order valence-electron chi connectivity index (χ0n) is 9.49. The summed E-state index contributed by atoms with van der Waals surface area (Å²) in [4.78, 5) is 0. The molecule has 5 heteroatoms. The molecule has 0 aliphatic carbocycles. The number of hydrogen-bond acceptors (Lipinski definition) is 3. The highest BCUT2D eigenvalue weighted by molar-refractivity contribution is 9.09. The summed E-state index contributed by atoms with van der Waals surface area (Å²) in [6.07, 6.45) is -0.0590. The van der Waals surface area contributed by atoms with Gasteiger partial charge in [-0.05, 0) is 24.3 Å². The summed E-state index contributed by atoms with van der Waals surface area (Å²) in [5, 5.41) is 0.569. The van der Waals surface area contributed by atoms with Gasteiger partial charge in [-0.15, -0.1) is 11.6 Å². The molecule has 0 amide bonds. The quantitative estimate of drug-likeness (QED) is 0.798. The second-order valence-corrected chi connectivity index (χ2v) is 4.69. The van der Waals surface area contributed by atoms with E-state index in [2.05, 4.69) is 15.9 Å². The molecular formula is C12H14BrClO3. The Morgan fingerprint density at radius 3 is 2.65 bits per heavy atom. The molecule has 0 spiro atoms. The van der Waals surface area contributed by atoms with E-state index < -0.39 is 5.79 Å². The van der Waals surface area contributed by atoms with E-state index in [1.807, 2.05) is 24.3 Å². The number of hydrogen-bond donors (Lipinski definition) is 0. The van der Waals surface area contributed by atoms with Crippen LogP contribution in [0, 0.1) is 0 Å². The van der Waals surface area contributed by atoms with Gasteiger partial charge in [-0.25, -0.2) is 0 Å². The van der Waals surface area contributed by atoms with Gasteiger partial charge in [-0.1, -0.05) is 15.9 Å². The Labute approximate surface area is 114 Å². The van der Waals surface area contributed by atoms with Gasteiger partial charge >= 0.3 is 0 Å². The van der Waals surface area contributed by atoms with Crippen molar-refractivity contribution in [3.05, 3.63) is 29.8 Å². The van der Waals surface area contributed by atoms with E-state index in [0.717, 1.165) is 11.3 Å². The van der Waals surface area contributed by atoms with Crippen LogP contribution >= 0.6 is 27.5 Å². The van der Waals surface area contributed by atoms with E-state index in [1.54, 1.807) is 7.11 Å². The second-order valence-electron chi connectivity index (χ2n) is 3.82. The van der Waals surface area contributed by atoms with Crippen molar-refractivity contribution >= 4 is 27.5 Å². The minimum absolute atomic E-state index is 0.0590. The van der Waals surface area contributed by atoms with Crippen molar-refractivity contribution in [2.24, 2.45) is 0 Å². The summed E-state index contributed by atoms with van der Waals surface area (Å²) in [5.41, 5.74) is 0.961. The van der Waals surface area contributed by atoms with Gasteiger partial charge in [-0.3, -0.25) is 0 Å². The van der Waals surface area contributed by atoms with Crippen molar-refractivity contribution in [2.45, 2.75) is 11.9 Å². The molecule has 0 bridgehead atoms. The average Bonchev–Trinajstić information content (AvgIpc) is 2.84. The molecule has 0 N–H and O–H groups in total. The van der Waals surface area contributed by atoms with Crippen molar-refractivity contribution in [3.8, 4) is 5.75 Å². The second kappa shape index (κ2) is 5.57. The Bertz CT molecular complexity index is 371. The molecule has 1 heterocycles. The molecule has 1 aliphatic heterocycles. The van der Waals surface area contributed by atoms with Crippen LogP contribution in [0.25, 0.3) is 0 Å². The van der Waals surface area contributed by atoms with Crippen LogP contribution in [-0.2, 0) is 15.3 Å². The van der Waals surface area contributed by atoms with Crippen LogP contribution in [0.1, 0.15) is 5.56 Å². The monoisotopic (exact) mass is 320 g/mol. The van der Waals surface area contributed by atoms with Gasteiger partial charge in [0, 0.05) is 5.56 Å². The van der Waals surface area contributed by atoms with Gasteiger partial charge < -0.3 is 14.2 Å². The normalized spacial score (nSPS) is 28.3. The highest BCUT2D eigenvalue weighted by Gasteiger charge is 2.42. The van der Waals surface area contributed by atoms with Crippen LogP contribution < -0.4 is 4.74 Å². The first-order valence-electron chi connectivity index (χ1n) is 5.32. The molecule has 0 radical (unpaired) electrons. The lowest BCUT2D eigenvalue weighted by molar-refractivity contribution is -0.154. The van der Waals surface area contributed by atoms with Crippen molar-refractivity contribution in [1.29, 1.82) is 0 Å². The fraction of sp³-hybridized carbons (Fsp3) is 0.500. The van der Waals surface area contributed by atoms with Crippen LogP contribution in [0.5, 0.6) is 5.75 Å². The van der Waals surface area contributed by atoms with Crippen LogP contribution in [0.15, 0.2) is 24.3 Å². The Hall–Kier alpha value is -0.290. The van der Waals surface area contributed by atoms with Crippen LogP contribution in [0.2, 0.25) is 0 Å². The van der Waals surface area contributed by atoms with Crippen LogP contribution in [0.4, 0.5) is 0 Å². The molecule has 1 aromatic rings. The lowest BCUT2D eigenvalue weighted by Crippen LogP contribution is -2.30. The molecule has 1 saturated heterocycles. The third kappa shape index (κ3) is 2.60. The highest BCUT2D eigenvalue weighted by Crippen LogP contribution is 2.36. The van der Waals surface area contributed by atoms with Crippen molar-refractivity contribution in [3.63, 3.8) is 0 Å². The molecule has 0 saturated carbocycles. The van der Waals surface area contributed by atoms with E-state index >= 15 is 0 Å². The Kier molecular flexibility index (Phi) is 4.31. The lowest BCUT2D eigenvalue weighted by Gasteiger charge is -2.26. The summed E-state index contributed by atoms with van der Waals surface area (Å²) in [7, 11) is 1.64. The maximum absolute atomic E-state index is 5.87. The van der Waals surface area contributed by atoms with E-state index in [9.17, 15) is 0 Å². The number of rotatable bonds is 4. The van der Waals surface area contributed by atoms with E-state index in [1.165, 1.54) is 0 Å². The first kappa shape index (κ1) is 13.1. The lowest BCUT2D eigenvalue weighted by atomic mass is 10.1. The SMILES string of the molecule is COc1ccc([C@]2(CBr)OC[C@@H](CCl)O2)cc1. The molecule has 1 aliphatic rings. The third-order valence-electron chi connectivity index (χ3n) is 2.74. The molecule has 1 aromatic carbocycles. The van der Waals surface area contributed by atoms with E-state index in [-0.39, 0.29) is 6.10 Å². The molecule has 2 rings (SSSR count). The Balaban J connectivity index is 2.22. The smallest absolute Gasteiger partial charge is 0.205 e. The number of methoxy groups -OCH3 is 1. The number of ether oxygens (including phenoxy) is 3. The molecule has 2 atom stereocenters. The summed E-state index contributed by atoms with van der Waals surface area (Å²) >= 11 is 9.22. The molecule has 1 fully saturated rings. The minimum Gasteiger partial charge on any atom is -0.497 e. The fourth-order valence-corrected chi connectivity index (χ4v) is 2.55. The van der Waals surface area contributed by atoms with Gasteiger partial charge in [0.25, 0.3) is 0 Å². The topological polar surface area (TPSA) is 27.7 Å². The third-order valence-corrected chi connectivity index (χ3v) is 3.82. The summed E-state index contributed by atoms with van der Waals surface area (Å²) in [6.45, 7) is 0.515. The van der Waals surface area contributed by atoms with Gasteiger partial charge in [-0.2, -0.15) is 0 Å². The van der Waals surface area contributed by atoms with Gasteiger partial charge in [0.1, 0.15) is 5.75 Å². The first-order valence-corrected chi connectivity index (χ1v) is 6.98. The highest BCUT2D eigenvalue weighted by atomic mass is 79.9. The maximum Gasteiger partial charge on any atom is 0.205 e. The zero-order valence-corrected chi connectivity index (χ0v) is 11.8. The number of alkyl halides is 2. The first-order chi connectivity index (χ1) is 8.24. The largest absolute Gasteiger partial charge is 0.497 e. The average molecular weight is 322 g/mol. The van der Waals surface area contributed by atoms with Crippen LogP contribution in [-0.4, -0.2) is 31.0 Å². The van der Waals surface area contributed by atoms with Gasteiger partial charge in [0.15, 0.2) is 0 Å². The molecule has 3 nitrogen and oxygen atoms in total. The maximum atomic E-state index is 5.87. The van der Waals surface area contributed by atoms with Crippen molar-refractivity contribution in [1.82, 2.24) is 0 Å². The predicted octanol–water partition coefficient (Wildman–Crippen LogP) is 2.90. The summed E-state index contributed by atoms with van der Waals surface area (Å²) in [5.74, 6) is 0.516. The van der Waals surface area contributed by atoms with E-state index in [0.29, 0.717) is 17.8 Å². The van der Waals surface area contributed by atoms with Gasteiger partial charge in [0.2, 0.25) is 5.79 Å². The van der Waals surface area contributed by atoms with Gasteiger partial charge in [0.05, 0.1) is 31.0 Å². The number of benzene rings is 1. The Morgan fingerprint density at radius 2 is 2.18 bits per heavy atom.